The standard InChI is InChI=1S/CH4O.Mg.H2O4S/c1-2;;1-5(2,3)4/h2H,1H3;;(H2,1,2,3,4)/q;+2;/p-2. The molecule has 0 heterocycles. The zero-order chi connectivity index (χ0) is 6.50. The van der Waals surface area contributed by atoms with Gasteiger partial charge in [-0.3, -0.25) is 8.42 Å². The van der Waals surface area contributed by atoms with Gasteiger partial charge in [0.05, 0.1) is 0 Å². The number of aliphatic hydroxyl groups excluding tert-OH is 1. The van der Waals surface area contributed by atoms with Gasteiger partial charge in [-0.2, -0.15) is 0 Å². The first-order valence-electron chi connectivity index (χ1n) is 1.11. The molecule has 0 aromatic rings. The molecule has 46 valence electrons. The van der Waals surface area contributed by atoms with E-state index in [0.29, 0.717) is 0 Å². The van der Waals surface area contributed by atoms with Crippen LogP contribution in [0.15, 0.2) is 0 Å². The summed E-state index contributed by atoms with van der Waals surface area (Å²) in [6.45, 7) is 0. The van der Waals surface area contributed by atoms with Gasteiger partial charge in [-0.05, 0) is 0 Å². The molecule has 0 saturated heterocycles. The number of hydrogen-bond acceptors (Lipinski definition) is 5. The fourth-order valence-corrected chi connectivity index (χ4v) is 0. The molecule has 5 nitrogen and oxygen atoms in total. The maximum absolute atomic E-state index is 8.52. The van der Waals surface area contributed by atoms with Crippen LogP contribution in [0.5, 0.6) is 0 Å². The minimum absolute atomic E-state index is 0. The van der Waals surface area contributed by atoms with Crippen molar-refractivity contribution in [2.75, 3.05) is 7.11 Å². The maximum atomic E-state index is 8.52. The second-order valence-corrected chi connectivity index (χ2v) is 1.22. The van der Waals surface area contributed by atoms with Crippen LogP contribution in [0, 0.1) is 0 Å². The SMILES string of the molecule is CO.O=S(=O)([O-])[O-].[Mg+2]. The van der Waals surface area contributed by atoms with Crippen molar-refractivity contribution in [3.05, 3.63) is 0 Å². The molecular formula is CH4MgO5S. The van der Waals surface area contributed by atoms with E-state index in [0.717, 1.165) is 7.11 Å². The van der Waals surface area contributed by atoms with Crippen molar-refractivity contribution in [1.82, 2.24) is 0 Å². The summed E-state index contributed by atoms with van der Waals surface area (Å²) in [6.07, 6.45) is 0. The normalized spacial score (nSPS) is 8.00. The molecule has 0 rings (SSSR count). The van der Waals surface area contributed by atoms with Crippen molar-refractivity contribution in [1.29, 1.82) is 0 Å². The van der Waals surface area contributed by atoms with Crippen LogP contribution in [0.25, 0.3) is 0 Å². The minimum Gasteiger partial charge on any atom is -0.759 e. The molecule has 0 spiro atoms. The Morgan fingerprint density at radius 3 is 1.25 bits per heavy atom. The molecule has 0 aromatic heterocycles. The van der Waals surface area contributed by atoms with Crippen LogP contribution < -0.4 is 0 Å². The zero-order valence-electron chi connectivity index (χ0n) is 4.20. The van der Waals surface area contributed by atoms with Gasteiger partial charge in [-0.15, -0.1) is 0 Å². The smallest absolute Gasteiger partial charge is 0.759 e. The quantitative estimate of drug-likeness (QED) is 0.243. The number of rotatable bonds is 0. The Morgan fingerprint density at radius 1 is 1.25 bits per heavy atom. The van der Waals surface area contributed by atoms with Gasteiger partial charge in [0.1, 0.15) is 0 Å². The molecule has 0 aliphatic carbocycles. The van der Waals surface area contributed by atoms with Gasteiger partial charge in [0.25, 0.3) is 0 Å². The molecule has 8 heavy (non-hydrogen) atoms. The molecule has 0 radical (unpaired) electrons. The first-order valence-corrected chi connectivity index (χ1v) is 2.45. The first-order chi connectivity index (χ1) is 3.00. The number of aliphatic hydroxyl groups is 1. The van der Waals surface area contributed by atoms with Crippen LogP contribution in [-0.4, -0.2) is 52.8 Å². The van der Waals surface area contributed by atoms with Crippen LogP contribution in [0.1, 0.15) is 0 Å². The van der Waals surface area contributed by atoms with Crippen molar-refractivity contribution in [3.8, 4) is 0 Å². The zero-order valence-corrected chi connectivity index (χ0v) is 6.43. The molecule has 0 atom stereocenters. The molecule has 0 aromatic carbocycles. The maximum Gasteiger partial charge on any atom is 2.00 e. The molecule has 1 N–H and O–H groups in total. The minimum atomic E-state index is -5.17. The number of hydrogen-bond donors (Lipinski definition) is 1. The van der Waals surface area contributed by atoms with Gasteiger partial charge in [0, 0.05) is 17.5 Å². The summed E-state index contributed by atoms with van der Waals surface area (Å²) in [5, 5.41) is 7.00. The van der Waals surface area contributed by atoms with Gasteiger partial charge >= 0.3 is 23.1 Å². The summed E-state index contributed by atoms with van der Waals surface area (Å²) < 4.78 is 34.1. The Labute approximate surface area is 63.4 Å². The molecule has 0 fully saturated rings. The van der Waals surface area contributed by atoms with E-state index >= 15 is 0 Å². The largest absolute Gasteiger partial charge is 2.00 e. The van der Waals surface area contributed by atoms with Gasteiger partial charge in [0.15, 0.2) is 0 Å². The summed E-state index contributed by atoms with van der Waals surface area (Å²) in [5.41, 5.74) is 0. The van der Waals surface area contributed by atoms with Crippen molar-refractivity contribution in [2.45, 2.75) is 0 Å². The average Bonchev–Trinajstić information content (AvgIpc) is 1.36. The van der Waals surface area contributed by atoms with E-state index in [1.165, 1.54) is 0 Å². The molecule has 0 saturated carbocycles. The van der Waals surface area contributed by atoms with Crippen molar-refractivity contribution < 1.29 is 22.6 Å². The summed E-state index contributed by atoms with van der Waals surface area (Å²) in [5.74, 6) is 0. The van der Waals surface area contributed by atoms with E-state index in [1.807, 2.05) is 0 Å². The summed E-state index contributed by atoms with van der Waals surface area (Å²) in [4.78, 5) is 0. The summed E-state index contributed by atoms with van der Waals surface area (Å²) in [7, 11) is -4.17. The Kier molecular flexibility index (Phi) is 15.0. The second-order valence-electron chi connectivity index (χ2n) is 0.408. The van der Waals surface area contributed by atoms with E-state index in [9.17, 15) is 0 Å². The Balaban J connectivity index is -0.0000000750. The van der Waals surface area contributed by atoms with Gasteiger partial charge in [-0.1, -0.05) is 0 Å². The van der Waals surface area contributed by atoms with Crippen LogP contribution in [0.3, 0.4) is 0 Å². The summed E-state index contributed by atoms with van der Waals surface area (Å²) >= 11 is 0. The van der Waals surface area contributed by atoms with Crippen LogP contribution in [-0.2, 0) is 10.4 Å². The third kappa shape index (κ3) is 581. The Morgan fingerprint density at radius 2 is 1.25 bits per heavy atom. The second kappa shape index (κ2) is 7.60. The predicted molar refractivity (Wildman–Crippen MR) is 24.4 cm³/mol. The van der Waals surface area contributed by atoms with E-state index in [1.54, 1.807) is 0 Å². The molecule has 0 unspecified atom stereocenters. The molecule has 7 heteroatoms. The first kappa shape index (κ1) is 15.8. The average molecular weight is 152 g/mol. The summed E-state index contributed by atoms with van der Waals surface area (Å²) in [6, 6.07) is 0. The van der Waals surface area contributed by atoms with E-state index in [4.69, 9.17) is 22.6 Å². The fourth-order valence-electron chi connectivity index (χ4n) is 0. The molecule has 0 aliphatic rings. The van der Waals surface area contributed by atoms with Gasteiger partial charge in [0.2, 0.25) is 0 Å². The van der Waals surface area contributed by atoms with Crippen LogP contribution in [0.4, 0.5) is 0 Å². The van der Waals surface area contributed by atoms with Crippen molar-refractivity contribution >= 4 is 33.5 Å². The molecular weight excluding hydrogens is 148 g/mol. The fraction of sp³-hybridized carbons (Fsp3) is 1.00. The van der Waals surface area contributed by atoms with Gasteiger partial charge in [-0.25, -0.2) is 0 Å². The van der Waals surface area contributed by atoms with Crippen LogP contribution >= 0.6 is 0 Å². The van der Waals surface area contributed by atoms with Crippen molar-refractivity contribution in [2.24, 2.45) is 0 Å². The Bertz CT molecular complexity index is 95.6. The predicted octanol–water partition coefficient (Wildman–Crippen LogP) is -2.11. The van der Waals surface area contributed by atoms with Gasteiger partial charge < -0.3 is 14.2 Å². The van der Waals surface area contributed by atoms with E-state index in [-0.39, 0.29) is 23.1 Å². The topological polar surface area (TPSA) is 100 Å². The van der Waals surface area contributed by atoms with Crippen LogP contribution in [0.2, 0.25) is 0 Å². The molecule has 0 amide bonds. The van der Waals surface area contributed by atoms with Crippen molar-refractivity contribution in [3.63, 3.8) is 0 Å². The molecule has 0 aliphatic heterocycles. The third-order valence-corrected chi connectivity index (χ3v) is 0. The monoisotopic (exact) mass is 152 g/mol. The third-order valence-electron chi connectivity index (χ3n) is 0. The Hall–Kier alpha value is 0.596. The van der Waals surface area contributed by atoms with E-state index < -0.39 is 10.4 Å². The van der Waals surface area contributed by atoms with E-state index in [2.05, 4.69) is 0 Å². The molecule has 0 bridgehead atoms.